The van der Waals surface area contributed by atoms with Crippen LogP contribution in [0.1, 0.15) is 46.0 Å². The number of morpholine rings is 1. The lowest BCUT2D eigenvalue weighted by Gasteiger charge is -2.29. The third kappa shape index (κ3) is 7.34. The monoisotopic (exact) mass is 257 g/mol. The molecular weight excluding hydrogens is 226 g/mol. The second kappa shape index (κ2) is 9.76. The van der Waals surface area contributed by atoms with Crippen molar-refractivity contribution in [1.29, 1.82) is 0 Å². The smallest absolute Gasteiger partial charge is 0.0594 e. The molecule has 0 saturated carbocycles. The highest BCUT2D eigenvalue weighted by atomic mass is 16.5. The molecule has 1 saturated heterocycles. The molecule has 0 radical (unpaired) electrons. The predicted octanol–water partition coefficient (Wildman–Crippen LogP) is 2.53. The van der Waals surface area contributed by atoms with E-state index >= 15 is 0 Å². The summed E-state index contributed by atoms with van der Waals surface area (Å²) in [4.78, 5) is 2.53. The van der Waals surface area contributed by atoms with Gasteiger partial charge in [-0.3, -0.25) is 4.90 Å². The minimum absolute atomic E-state index is 0.347. The van der Waals surface area contributed by atoms with E-state index in [4.69, 9.17) is 9.84 Å². The fraction of sp³-hybridized carbons (Fsp3) is 1.00. The molecule has 2 unspecified atom stereocenters. The maximum absolute atomic E-state index is 8.76. The van der Waals surface area contributed by atoms with Crippen LogP contribution in [-0.2, 0) is 4.74 Å². The molecule has 0 aromatic carbocycles. The zero-order valence-electron chi connectivity index (χ0n) is 12.2. The van der Waals surface area contributed by atoms with Crippen molar-refractivity contribution in [3.05, 3.63) is 0 Å². The lowest BCUT2D eigenvalue weighted by Crippen LogP contribution is -2.38. The summed E-state index contributed by atoms with van der Waals surface area (Å²) in [5.41, 5.74) is 0. The molecule has 0 amide bonds. The SMILES string of the molecule is CC(CCCCO)CCC(C)CN1CCOCC1. The van der Waals surface area contributed by atoms with Gasteiger partial charge in [0.2, 0.25) is 0 Å². The molecule has 1 aliphatic rings. The molecule has 3 nitrogen and oxygen atoms in total. The highest BCUT2D eigenvalue weighted by Gasteiger charge is 2.14. The first-order chi connectivity index (χ1) is 8.72. The van der Waals surface area contributed by atoms with Crippen LogP contribution in [0.15, 0.2) is 0 Å². The van der Waals surface area contributed by atoms with E-state index in [1.165, 1.54) is 32.2 Å². The average Bonchev–Trinajstić information content (AvgIpc) is 2.38. The van der Waals surface area contributed by atoms with Gasteiger partial charge in [0, 0.05) is 26.2 Å². The zero-order chi connectivity index (χ0) is 13.2. The number of aliphatic hydroxyl groups excluding tert-OH is 1. The molecule has 2 atom stereocenters. The van der Waals surface area contributed by atoms with Gasteiger partial charge in [0.15, 0.2) is 0 Å². The van der Waals surface area contributed by atoms with Gasteiger partial charge in [-0.2, -0.15) is 0 Å². The van der Waals surface area contributed by atoms with E-state index in [9.17, 15) is 0 Å². The van der Waals surface area contributed by atoms with Gasteiger partial charge in [0.05, 0.1) is 13.2 Å². The number of hydrogen-bond acceptors (Lipinski definition) is 3. The van der Waals surface area contributed by atoms with E-state index in [0.717, 1.165) is 44.6 Å². The highest BCUT2D eigenvalue weighted by Crippen LogP contribution is 2.18. The molecule has 18 heavy (non-hydrogen) atoms. The van der Waals surface area contributed by atoms with Crippen LogP contribution in [-0.4, -0.2) is 49.5 Å². The van der Waals surface area contributed by atoms with E-state index in [0.29, 0.717) is 6.61 Å². The quantitative estimate of drug-likeness (QED) is 0.644. The molecule has 1 aliphatic heterocycles. The van der Waals surface area contributed by atoms with Crippen molar-refractivity contribution >= 4 is 0 Å². The summed E-state index contributed by atoms with van der Waals surface area (Å²) in [5.74, 6) is 1.60. The summed E-state index contributed by atoms with van der Waals surface area (Å²) in [7, 11) is 0. The Morgan fingerprint density at radius 2 is 1.67 bits per heavy atom. The third-order valence-electron chi connectivity index (χ3n) is 3.93. The molecule has 1 heterocycles. The molecule has 0 bridgehead atoms. The molecule has 1 fully saturated rings. The third-order valence-corrected chi connectivity index (χ3v) is 3.93. The maximum Gasteiger partial charge on any atom is 0.0594 e. The van der Waals surface area contributed by atoms with E-state index in [2.05, 4.69) is 18.7 Å². The van der Waals surface area contributed by atoms with Crippen LogP contribution in [0, 0.1) is 11.8 Å². The van der Waals surface area contributed by atoms with Crippen LogP contribution < -0.4 is 0 Å². The summed E-state index contributed by atoms with van der Waals surface area (Å²) in [6.45, 7) is 10.3. The van der Waals surface area contributed by atoms with E-state index in [1.54, 1.807) is 0 Å². The van der Waals surface area contributed by atoms with E-state index < -0.39 is 0 Å². The first-order valence-electron chi connectivity index (χ1n) is 7.63. The van der Waals surface area contributed by atoms with Crippen molar-refractivity contribution in [2.24, 2.45) is 11.8 Å². The summed E-state index contributed by atoms with van der Waals surface area (Å²) in [6, 6.07) is 0. The van der Waals surface area contributed by atoms with Gasteiger partial charge < -0.3 is 9.84 Å². The van der Waals surface area contributed by atoms with Crippen molar-refractivity contribution in [2.75, 3.05) is 39.5 Å². The largest absolute Gasteiger partial charge is 0.396 e. The highest BCUT2D eigenvalue weighted by molar-refractivity contribution is 4.67. The Kier molecular flexibility index (Phi) is 8.64. The van der Waals surface area contributed by atoms with Crippen molar-refractivity contribution < 1.29 is 9.84 Å². The number of aliphatic hydroxyl groups is 1. The molecule has 108 valence electrons. The van der Waals surface area contributed by atoms with Gasteiger partial charge in [-0.1, -0.05) is 33.1 Å². The van der Waals surface area contributed by atoms with Crippen LogP contribution in [0.2, 0.25) is 0 Å². The molecule has 0 aromatic heterocycles. The molecule has 0 aliphatic carbocycles. The van der Waals surface area contributed by atoms with Gasteiger partial charge in [-0.25, -0.2) is 0 Å². The Morgan fingerprint density at radius 3 is 2.33 bits per heavy atom. The maximum atomic E-state index is 8.76. The number of unbranched alkanes of at least 4 members (excludes halogenated alkanes) is 1. The van der Waals surface area contributed by atoms with Crippen LogP contribution in [0.4, 0.5) is 0 Å². The molecule has 3 heteroatoms. The lowest BCUT2D eigenvalue weighted by molar-refractivity contribution is 0.0309. The normalized spacial score (nSPS) is 20.8. The molecule has 0 spiro atoms. The van der Waals surface area contributed by atoms with Crippen LogP contribution in [0.3, 0.4) is 0 Å². The van der Waals surface area contributed by atoms with Crippen molar-refractivity contribution in [1.82, 2.24) is 4.90 Å². The first kappa shape index (κ1) is 15.9. The summed E-state index contributed by atoms with van der Waals surface area (Å²) >= 11 is 0. The second-order valence-corrected chi connectivity index (χ2v) is 5.92. The Morgan fingerprint density at radius 1 is 1.00 bits per heavy atom. The molecular formula is C15H31NO2. The van der Waals surface area contributed by atoms with E-state index in [-0.39, 0.29) is 0 Å². The second-order valence-electron chi connectivity index (χ2n) is 5.92. The van der Waals surface area contributed by atoms with Crippen LogP contribution >= 0.6 is 0 Å². The number of nitrogens with zero attached hydrogens (tertiary/aromatic N) is 1. The van der Waals surface area contributed by atoms with Gasteiger partial charge in [-0.15, -0.1) is 0 Å². The topological polar surface area (TPSA) is 32.7 Å². The van der Waals surface area contributed by atoms with E-state index in [1.807, 2.05) is 0 Å². The number of hydrogen-bond donors (Lipinski definition) is 1. The van der Waals surface area contributed by atoms with Crippen LogP contribution in [0.5, 0.6) is 0 Å². The Balaban J connectivity index is 2.02. The number of ether oxygens (including phenoxy) is 1. The molecule has 1 N–H and O–H groups in total. The van der Waals surface area contributed by atoms with Crippen molar-refractivity contribution in [3.8, 4) is 0 Å². The Bertz CT molecular complexity index is 193. The minimum Gasteiger partial charge on any atom is -0.396 e. The van der Waals surface area contributed by atoms with Gasteiger partial charge in [0.1, 0.15) is 0 Å². The summed E-state index contributed by atoms with van der Waals surface area (Å²) in [6.07, 6.45) is 6.07. The fourth-order valence-corrected chi connectivity index (χ4v) is 2.63. The minimum atomic E-state index is 0.347. The number of rotatable bonds is 9. The standard InChI is InChI=1S/C15H31NO2/c1-14(5-3-4-10-17)6-7-15(2)13-16-8-11-18-12-9-16/h14-15,17H,3-13H2,1-2H3. The Labute approximate surface area is 113 Å². The summed E-state index contributed by atoms with van der Waals surface area (Å²) in [5, 5.41) is 8.76. The molecule has 1 rings (SSSR count). The van der Waals surface area contributed by atoms with Gasteiger partial charge in [0.25, 0.3) is 0 Å². The Hall–Kier alpha value is -0.120. The fourth-order valence-electron chi connectivity index (χ4n) is 2.63. The van der Waals surface area contributed by atoms with Gasteiger partial charge in [-0.05, 0) is 24.7 Å². The predicted molar refractivity (Wildman–Crippen MR) is 75.8 cm³/mol. The lowest BCUT2D eigenvalue weighted by atomic mass is 9.94. The zero-order valence-corrected chi connectivity index (χ0v) is 12.2. The molecule has 0 aromatic rings. The van der Waals surface area contributed by atoms with Gasteiger partial charge >= 0.3 is 0 Å². The van der Waals surface area contributed by atoms with Crippen molar-refractivity contribution in [3.63, 3.8) is 0 Å². The van der Waals surface area contributed by atoms with Crippen molar-refractivity contribution in [2.45, 2.75) is 46.0 Å². The average molecular weight is 257 g/mol. The van der Waals surface area contributed by atoms with Crippen LogP contribution in [0.25, 0.3) is 0 Å². The first-order valence-corrected chi connectivity index (χ1v) is 7.63. The summed E-state index contributed by atoms with van der Waals surface area (Å²) < 4.78 is 5.37.